The first-order chi connectivity index (χ1) is 12.5. The first kappa shape index (κ1) is 22.4. The number of anilines is 1. The highest BCUT2D eigenvalue weighted by molar-refractivity contribution is 6.03. The number of aliphatic carboxylic acids is 1. The molecule has 0 bridgehead atoms. The standard InChI is InChI=1S/C19H29N3O5/c1-13-9-5-6-10-14(13)22-17(26)21-12-8-7-11-19(20,15(23)24)16(25)27-18(2,3)4/h5-6,9-10H,7-8,11-12,20H2,1-4H3,(H,23,24)(H2,21,22,26). The first-order valence-corrected chi connectivity index (χ1v) is 8.82. The molecule has 2 amide bonds. The summed E-state index contributed by atoms with van der Waals surface area (Å²) in [6, 6.07) is 7.04. The molecule has 0 aliphatic heterocycles. The van der Waals surface area contributed by atoms with Gasteiger partial charge in [-0.05, 0) is 58.6 Å². The largest absolute Gasteiger partial charge is 0.479 e. The van der Waals surface area contributed by atoms with E-state index in [2.05, 4.69) is 10.6 Å². The molecule has 0 aliphatic rings. The zero-order valence-corrected chi connectivity index (χ0v) is 16.3. The minimum Gasteiger partial charge on any atom is -0.479 e. The van der Waals surface area contributed by atoms with Crippen molar-refractivity contribution >= 4 is 23.7 Å². The van der Waals surface area contributed by atoms with Gasteiger partial charge >= 0.3 is 18.0 Å². The Labute approximate surface area is 159 Å². The van der Waals surface area contributed by atoms with E-state index in [1.165, 1.54) is 0 Å². The number of carboxylic acid groups (broad SMARTS) is 1. The lowest BCUT2D eigenvalue weighted by Gasteiger charge is -2.28. The number of benzene rings is 1. The van der Waals surface area contributed by atoms with E-state index >= 15 is 0 Å². The number of rotatable bonds is 8. The fourth-order valence-corrected chi connectivity index (χ4v) is 2.28. The molecule has 8 heteroatoms. The van der Waals surface area contributed by atoms with Gasteiger partial charge in [-0.3, -0.25) is 0 Å². The van der Waals surface area contributed by atoms with Crippen LogP contribution in [0.2, 0.25) is 0 Å². The molecule has 1 unspecified atom stereocenters. The Morgan fingerprint density at radius 3 is 2.33 bits per heavy atom. The molecule has 0 saturated carbocycles. The van der Waals surface area contributed by atoms with Crippen molar-refractivity contribution in [1.82, 2.24) is 5.32 Å². The summed E-state index contributed by atoms with van der Waals surface area (Å²) in [5.74, 6) is -2.39. The summed E-state index contributed by atoms with van der Waals surface area (Å²) in [6.45, 7) is 7.14. The summed E-state index contributed by atoms with van der Waals surface area (Å²) in [7, 11) is 0. The van der Waals surface area contributed by atoms with Crippen molar-refractivity contribution in [3.8, 4) is 0 Å². The number of esters is 1. The van der Waals surface area contributed by atoms with E-state index < -0.39 is 23.1 Å². The molecule has 1 atom stereocenters. The van der Waals surface area contributed by atoms with Crippen molar-refractivity contribution in [2.75, 3.05) is 11.9 Å². The molecular formula is C19H29N3O5. The molecule has 1 rings (SSSR count). The topological polar surface area (TPSA) is 131 Å². The van der Waals surface area contributed by atoms with Gasteiger partial charge in [-0.25, -0.2) is 14.4 Å². The van der Waals surface area contributed by atoms with Crippen LogP contribution in [0, 0.1) is 6.92 Å². The van der Waals surface area contributed by atoms with Crippen LogP contribution in [0.15, 0.2) is 24.3 Å². The number of carboxylic acids is 1. The van der Waals surface area contributed by atoms with E-state index in [1.807, 2.05) is 25.1 Å². The summed E-state index contributed by atoms with van der Waals surface area (Å²) in [4.78, 5) is 35.5. The molecule has 5 N–H and O–H groups in total. The number of aryl methyl sites for hydroxylation is 1. The van der Waals surface area contributed by atoms with Crippen LogP contribution in [0.5, 0.6) is 0 Å². The number of para-hydroxylation sites is 1. The van der Waals surface area contributed by atoms with Crippen LogP contribution in [-0.4, -0.2) is 40.8 Å². The Balaban J connectivity index is 2.44. The maximum Gasteiger partial charge on any atom is 0.338 e. The van der Waals surface area contributed by atoms with Gasteiger partial charge in [-0.2, -0.15) is 0 Å². The highest BCUT2D eigenvalue weighted by Crippen LogP contribution is 2.18. The molecule has 1 aromatic carbocycles. The van der Waals surface area contributed by atoms with Gasteiger partial charge in [0, 0.05) is 12.2 Å². The van der Waals surface area contributed by atoms with Gasteiger partial charge in [0.2, 0.25) is 5.54 Å². The van der Waals surface area contributed by atoms with E-state index in [9.17, 15) is 19.5 Å². The molecule has 0 radical (unpaired) electrons. The van der Waals surface area contributed by atoms with Crippen LogP contribution in [0.3, 0.4) is 0 Å². The van der Waals surface area contributed by atoms with Crippen LogP contribution in [-0.2, 0) is 14.3 Å². The molecule has 0 saturated heterocycles. The number of nitrogens with one attached hydrogen (secondary N) is 2. The van der Waals surface area contributed by atoms with E-state index in [0.29, 0.717) is 25.1 Å². The van der Waals surface area contributed by atoms with Crippen LogP contribution in [0.1, 0.15) is 45.6 Å². The Morgan fingerprint density at radius 1 is 1.15 bits per heavy atom. The highest BCUT2D eigenvalue weighted by Gasteiger charge is 2.44. The zero-order valence-electron chi connectivity index (χ0n) is 16.3. The van der Waals surface area contributed by atoms with Crippen molar-refractivity contribution < 1.29 is 24.2 Å². The maximum atomic E-state index is 12.1. The molecular weight excluding hydrogens is 350 g/mol. The normalized spacial score (nSPS) is 13.4. The number of hydrogen-bond acceptors (Lipinski definition) is 5. The Bertz CT molecular complexity index is 684. The zero-order chi connectivity index (χ0) is 20.7. The molecule has 0 aromatic heterocycles. The molecule has 150 valence electrons. The third kappa shape index (κ3) is 7.26. The summed E-state index contributed by atoms with van der Waals surface area (Å²) in [5.41, 5.74) is 4.51. The molecule has 0 aliphatic carbocycles. The van der Waals surface area contributed by atoms with Crippen molar-refractivity contribution in [2.45, 2.75) is 58.1 Å². The van der Waals surface area contributed by atoms with Crippen LogP contribution < -0.4 is 16.4 Å². The number of hydrogen-bond donors (Lipinski definition) is 4. The molecule has 0 fully saturated rings. The average molecular weight is 379 g/mol. The lowest BCUT2D eigenvalue weighted by atomic mass is 9.93. The van der Waals surface area contributed by atoms with Crippen molar-refractivity contribution in [1.29, 1.82) is 0 Å². The lowest BCUT2D eigenvalue weighted by molar-refractivity contribution is -0.169. The monoisotopic (exact) mass is 379 g/mol. The molecule has 1 aromatic rings. The van der Waals surface area contributed by atoms with E-state index in [1.54, 1.807) is 26.8 Å². The van der Waals surface area contributed by atoms with Crippen molar-refractivity contribution in [2.24, 2.45) is 5.73 Å². The number of carbonyl (C=O) groups excluding carboxylic acids is 2. The number of carbonyl (C=O) groups is 3. The van der Waals surface area contributed by atoms with Gasteiger partial charge in [0.05, 0.1) is 0 Å². The Hall–Kier alpha value is -2.61. The quantitative estimate of drug-likeness (QED) is 0.312. The number of nitrogens with two attached hydrogens (primary N) is 1. The molecule has 27 heavy (non-hydrogen) atoms. The SMILES string of the molecule is Cc1ccccc1NC(=O)NCCCCC(N)(C(=O)O)C(=O)OC(C)(C)C. The highest BCUT2D eigenvalue weighted by atomic mass is 16.6. The van der Waals surface area contributed by atoms with Gasteiger partial charge in [0.15, 0.2) is 0 Å². The number of unbranched alkanes of at least 4 members (excludes halogenated alkanes) is 1. The fraction of sp³-hybridized carbons (Fsp3) is 0.526. The maximum absolute atomic E-state index is 12.1. The second kappa shape index (κ2) is 9.36. The Kier molecular flexibility index (Phi) is 7.78. The Morgan fingerprint density at radius 2 is 1.78 bits per heavy atom. The third-order valence-corrected chi connectivity index (χ3v) is 3.82. The minimum atomic E-state index is -2.10. The fourth-order valence-electron chi connectivity index (χ4n) is 2.28. The van der Waals surface area contributed by atoms with Gasteiger partial charge in [-0.1, -0.05) is 18.2 Å². The van der Waals surface area contributed by atoms with Crippen LogP contribution >= 0.6 is 0 Å². The lowest BCUT2D eigenvalue weighted by Crippen LogP contribution is -2.57. The predicted octanol–water partition coefficient (Wildman–Crippen LogP) is 2.41. The van der Waals surface area contributed by atoms with Crippen LogP contribution in [0.4, 0.5) is 10.5 Å². The summed E-state index contributed by atoms with van der Waals surface area (Å²) in [6.07, 6.45) is 0.723. The number of urea groups is 1. The summed E-state index contributed by atoms with van der Waals surface area (Å²) in [5, 5.41) is 14.8. The van der Waals surface area contributed by atoms with E-state index in [4.69, 9.17) is 10.5 Å². The van der Waals surface area contributed by atoms with Gasteiger partial charge in [-0.15, -0.1) is 0 Å². The number of ether oxygens (including phenoxy) is 1. The second-order valence-corrected chi connectivity index (χ2v) is 7.43. The van der Waals surface area contributed by atoms with E-state index in [0.717, 1.165) is 5.56 Å². The number of amides is 2. The molecule has 0 heterocycles. The van der Waals surface area contributed by atoms with E-state index in [-0.39, 0.29) is 12.5 Å². The van der Waals surface area contributed by atoms with Crippen molar-refractivity contribution in [3.05, 3.63) is 29.8 Å². The average Bonchev–Trinajstić information content (AvgIpc) is 2.54. The predicted molar refractivity (Wildman–Crippen MR) is 102 cm³/mol. The second-order valence-electron chi connectivity index (χ2n) is 7.43. The summed E-state index contributed by atoms with van der Waals surface area (Å²) >= 11 is 0. The molecule has 0 spiro atoms. The van der Waals surface area contributed by atoms with Gasteiger partial charge in [0.1, 0.15) is 5.60 Å². The summed E-state index contributed by atoms with van der Waals surface area (Å²) < 4.78 is 5.11. The van der Waals surface area contributed by atoms with Crippen LogP contribution in [0.25, 0.3) is 0 Å². The molecule has 8 nitrogen and oxygen atoms in total. The van der Waals surface area contributed by atoms with Crippen molar-refractivity contribution in [3.63, 3.8) is 0 Å². The first-order valence-electron chi connectivity index (χ1n) is 8.82. The van der Waals surface area contributed by atoms with Gasteiger partial charge < -0.3 is 26.2 Å². The smallest absolute Gasteiger partial charge is 0.338 e. The van der Waals surface area contributed by atoms with Gasteiger partial charge in [0.25, 0.3) is 0 Å². The third-order valence-electron chi connectivity index (χ3n) is 3.82. The minimum absolute atomic E-state index is 0.0850.